The van der Waals surface area contributed by atoms with Crippen molar-refractivity contribution in [3.63, 3.8) is 0 Å². The Morgan fingerprint density at radius 3 is 2.48 bits per heavy atom. The highest BCUT2D eigenvalue weighted by Crippen LogP contribution is 2.22. The van der Waals surface area contributed by atoms with E-state index < -0.39 is 28.6 Å². The molecule has 2 aromatic rings. The maximum absolute atomic E-state index is 12.4. The van der Waals surface area contributed by atoms with E-state index in [1.54, 1.807) is 25.2 Å². The number of benzene rings is 2. The number of esters is 1. The van der Waals surface area contributed by atoms with Crippen LogP contribution in [-0.2, 0) is 30.9 Å². The second-order valence-corrected chi connectivity index (χ2v) is 8.23. The molecular formula is C20H21N3O5S. The Hall–Kier alpha value is -3.20. The lowest BCUT2D eigenvalue weighted by molar-refractivity contribution is -0.157. The number of nitrogens with one attached hydrogen (secondary N) is 1. The number of rotatable bonds is 6. The molecule has 0 radical (unpaired) electrons. The summed E-state index contributed by atoms with van der Waals surface area (Å²) in [6.07, 6.45) is -0.982. The molecule has 8 nitrogen and oxygen atoms in total. The SMILES string of the molecule is C[C@@H](OC(=O)CN=C1NS(=O)(=O)c2ccccc21)C(=O)N(C)Cc1ccccc1. The largest absolute Gasteiger partial charge is 0.451 e. The predicted molar refractivity (Wildman–Crippen MR) is 107 cm³/mol. The number of hydrogen-bond donors (Lipinski definition) is 1. The zero-order valence-corrected chi connectivity index (χ0v) is 16.8. The van der Waals surface area contributed by atoms with Crippen molar-refractivity contribution in [3.05, 3.63) is 65.7 Å². The third kappa shape index (κ3) is 4.80. The van der Waals surface area contributed by atoms with E-state index in [0.717, 1.165) is 5.56 Å². The molecule has 152 valence electrons. The Balaban J connectivity index is 1.58. The summed E-state index contributed by atoms with van der Waals surface area (Å²) in [5.74, 6) is -0.991. The van der Waals surface area contributed by atoms with E-state index in [1.165, 1.54) is 17.9 Å². The Morgan fingerprint density at radius 2 is 1.76 bits per heavy atom. The number of aliphatic imine (C=N–C) groups is 1. The third-order valence-electron chi connectivity index (χ3n) is 4.32. The number of amides is 1. The number of ether oxygens (including phenoxy) is 1. The van der Waals surface area contributed by atoms with Gasteiger partial charge in [0.15, 0.2) is 6.10 Å². The van der Waals surface area contributed by atoms with Gasteiger partial charge < -0.3 is 9.64 Å². The van der Waals surface area contributed by atoms with Crippen molar-refractivity contribution in [2.75, 3.05) is 13.6 Å². The first-order valence-corrected chi connectivity index (χ1v) is 10.4. The van der Waals surface area contributed by atoms with Gasteiger partial charge in [-0.3, -0.25) is 19.3 Å². The van der Waals surface area contributed by atoms with Gasteiger partial charge in [-0.2, -0.15) is 0 Å². The van der Waals surface area contributed by atoms with Crippen LogP contribution in [-0.4, -0.2) is 50.7 Å². The van der Waals surface area contributed by atoms with Gasteiger partial charge in [0.05, 0.1) is 4.90 Å². The van der Waals surface area contributed by atoms with Crippen molar-refractivity contribution < 1.29 is 22.7 Å². The minimum Gasteiger partial charge on any atom is -0.451 e. The quantitative estimate of drug-likeness (QED) is 0.717. The lowest BCUT2D eigenvalue weighted by Gasteiger charge is -2.21. The number of amidine groups is 1. The van der Waals surface area contributed by atoms with Gasteiger partial charge in [-0.05, 0) is 24.6 Å². The van der Waals surface area contributed by atoms with Crippen LogP contribution in [0.5, 0.6) is 0 Å². The van der Waals surface area contributed by atoms with Crippen LogP contribution in [0.3, 0.4) is 0 Å². The van der Waals surface area contributed by atoms with E-state index in [2.05, 4.69) is 9.71 Å². The van der Waals surface area contributed by atoms with E-state index in [9.17, 15) is 18.0 Å². The van der Waals surface area contributed by atoms with E-state index in [-0.39, 0.29) is 16.6 Å². The summed E-state index contributed by atoms with van der Waals surface area (Å²) < 4.78 is 31.6. The second-order valence-electron chi connectivity index (χ2n) is 6.58. The summed E-state index contributed by atoms with van der Waals surface area (Å²) in [4.78, 5) is 30.1. The van der Waals surface area contributed by atoms with Crippen LogP contribution in [0.15, 0.2) is 64.5 Å². The molecule has 1 amide bonds. The molecule has 1 aliphatic rings. The molecule has 1 aliphatic heterocycles. The van der Waals surface area contributed by atoms with Gasteiger partial charge in [-0.1, -0.05) is 42.5 Å². The number of carbonyl (C=O) groups is 2. The molecule has 1 atom stereocenters. The average Bonchev–Trinajstić information content (AvgIpc) is 2.97. The van der Waals surface area contributed by atoms with Crippen molar-refractivity contribution >= 4 is 27.7 Å². The highest BCUT2D eigenvalue weighted by molar-refractivity contribution is 7.90. The van der Waals surface area contributed by atoms with E-state index in [0.29, 0.717) is 12.1 Å². The molecule has 2 aromatic carbocycles. The normalized spacial score (nSPS) is 16.6. The summed E-state index contributed by atoms with van der Waals surface area (Å²) in [6, 6.07) is 15.8. The highest BCUT2D eigenvalue weighted by atomic mass is 32.2. The molecule has 9 heteroatoms. The Bertz CT molecular complexity index is 1050. The summed E-state index contributed by atoms with van der Waals surface area (Å²) in [5.41, 5.74) is 1.35. The fourth-order valence-corrected chi connectivity index (χ4v) is 4.18. The zero-order chi connectivity index (χ0) is 21.0. The van der Waals surface area contributed by atoms with E-state index in [4.69, 9.17) is 4.74 Å². The fourth-order valence-electron chi connectivity index (χ4n) is 2.93. The number of nitrogens with zero attached hydrogens (tertiary/aromatic N) is 2. The fraction of sp³-hybridized carbons (Fsp3) is 0.250. The minimum absolute atomic E-state index is 0.0812. The Labute approximate surface area is 169 Å². The van der Waals surface area contributed by atoms with Crippen LogP contribution in [0.25, 0.3) is 0 Å². The van der Waals surface area contributed by atoms with Crippen LogP contribution in [0.1, 0.15) is 18.1 Å². The molecule has 0 saturated carbocycles. The van der Waals surface area contributed by atoms with Crippen LogP contribution in [0, 0.1) is 0 Å². The van der Waals surface area contributed by atoms with E-state index in [1.807, 2.05) is 30.3 Å². The first-order valence-electron chi connectivity index (χ1n) is 8.93. The lowest BCUT2D eigenvalue weighted by Crippen LogP contribution is -2.37. The lowest BCUT2D eigenvalue weighted by atomic mass is 10.2. The molecule has 1 heterocycles. The first kappa shape index (κ1) is 20.5. The molecule has 0 aliphatic carbocycles. The Kier molecular flexibility index (Phi) is 5.97. The first-order chi connectivity index (χ1) is 13.8. The van der Waals surface area contributed by atoms with Crippen molar-refractivity contribution in [2.45, 2.75) is 24.5 Å². The van der Waals surface area contributed by atoms with Crippen LogP contribution >= 0.6 is 0 Å². The van der Waals surface area contributed by atoms with Crippen LogP contribution < -0.4 is 4.72 Å². The standard InChI is InChI=1S/C20H21N3O5S/c1-14(20(25)23(2)13-15-8-4-3-5-9-15)28-18(24)12-21-19-16-10-6-7-11-17(16)29(26,27)22-19/h3-11,14H,12-13H2,1-2H3,(H,21,22)/t14-/m1/s1. The summed E-state index contributed by atoms with van der Waals surface area (Å²) in [7, 11) is -2.04. The molecule has 0 saturated heterocycles. The van der Waals surface area contributed by atoms with Gasteiger partial charge in [0.25, 0.3) is 15.9 Å². The summed E-state index contributed by atoms with van der Waals surface area (Å²) in [5, 5.41) is 0. The van der Waals surface area contributed by atoms with Gasteiger partial charge in [0, 0.05) is 19.2 Å². The number of carbonyl (C=O) groups excluding carboxylic acids is 2. The van der Waals surface area contributed by atoms with Crippen molar-refractivity contribution in [1.82, 2.24) is 9.62 Å². The van der Waals surface area contributed by atoms with Crippen molar-refractivity contribution in [2.24, 2.45) is 4.99 Å². The van der Waals surface area contributed by atoms with Crippen molar-refractivity contribution in [1.29, 1.82) is 0 Å². The summed E-state index contributed by atoms with van der Waals surface area (Å²) >= 11 is 0. The van der Waals surface area contributed by atoms with E-state index >= 15 is 0 Å². The number of hydrogen-bond acceptors (Lipinski definition) is 6. The molecular weight excluding hydrogens is 394 g/mol. The number of fused-ring (bicyclic) bond motifs is 1. The van der Waals surface area contributed by atoms with Gasteiger partial charge >= 0.3 is 5.97 Å². The molecule has 0 aromatic heterocycles. The smallest absolute Gasteiger partial charge is 0.328 e. The van der Waals surface area contributed by atoms with Gasteiger partial charge in [-0.15, -0.1) is 0 Å². The molecule has 0 spiro atoms. The number of sulfonamides is 1. The third-order valence-corrected chi connectivity index (χ3v) is 5.72. The minimum atomic E-state index is -3.67. The molecule has 3 rings (SSSR count). The average molecular weight is 415 g/mol. The molecule has 1 N–H and O–H groups in total. The molecule has 29 heavy (non-hydrogen) atoms. The predicted octanol–water partition coefficient (Wildman–Crippen LogP) is 1.32. The zero-order valence-electron chi connectivity index (χ0n) is 16.0. The maximum atomic E-state index is 12.4. The Morgan fingerprint density at radius 1 is 1.10 bits per heavy atom. The monoisotopic (exact) mass is 415 g/mol. The van der Waals surface area contributed by atoms with Crippen molar-refractivity contribution in [3.8, 4) is 0 Å². The van der Waals surface area contributed by atoms with Gasteiger partial charge in [0.1, 0.15) is 12.4 Å². The van der Waals surface area contributed by atoms with Gasteiger partial charge in [0.2, 0.25) is 0 Å². The molecule has 0 unspecified atom stereocenters. The van der Waals surface area contributed by atoms with Crippen LogP contribution in [0.2, 0.25) is 0 Å². The number of likely N-dealkylation sites (N-methyl/N-ethyl adjacent to an activating group) is 1. The molecule has 0 bridgehead atoms. The summed E-state index contributed by atoms with van der Waals surface area (Å²) in [6.45, 7) is 1.47. The maximum Gasteiger partial charge on any atom is 0.328 e. The topological polar surface area (TPSA) is 105 Å². The molecule has 0 fully saturated rings. The van der Waals surface area contributed by atoms with Crippen LogP contribution in [0.4, 0.5) is 0 Å². The second kappa shape index (κ2) is 8.44. The highest BCUT2D eigenvalue weighted by Gasteiger charge is 2.30. The van der Waals surface area contributed by atoms with Gasteiger partial charge in [-0.25, -0.2) is 8.42 Å².